The van der Waals surface area contributed by atoms with Crippen molar-refractivity contribution < 1.29 is 14.3 Å². The SMILES string of the molecule is COc1ccccc1CCCNCCCCC(=O)c1ccc2c(c1)CCC(=O)N2C. The van der Waals surface area contributed by atoms with E-state index in [4.69, 9.17) is 4.74 Å². The molecule has 2 aromatic carbocycles. The zero-order valence-corrected chi connectivity index (χ0v) is 18.1. The van der Waals surface area contributed by atoms with Crippen LogP contribution in [0.2, 0.25) is 0 Å². The van der Waals surface area contributed by atoms with Crippen LogP contribution in [0.15, 0.2) is 42.5 Å². The van der Waals surface area contributed by atoms with Crippen LogP contribution in [0.1, 0.15) is 53.6 Å². The smallest absolute Gasteiger partial charge is 0.227 e. The molecular weight excluding hydrogens is 376 g/mol. The molecule has 3 rings (SSSR count). The molecule has 0 atom stereocenters. The third-order valence-corrected chi connectivity index (χ3v) is 5.74. The van der Waals surface area contributed by atoms with E-state index in [9.17, 15) is 9.59 Å². The van der Waals surface area contributed by atoms with Gasteiger partial charge in [-0.05, 0) is 80.6 Å². The van der Waals surface area contributed by atoms with E-state index < -0.39 is 0 Å². The number of Topliss-reactive ketones (excluding diaryl/α,β-unsaturated/α-hetero) is 1. The molecule has 0 saturated carbocycles. The van der Waals surface area contributed by atoms with Crippen molar-refractivity contribution in [2.45, 2.75) is 44.9 Å². The van der Waals surface area contributed by atoms with Crippen molar-refractivity contribution >= 4 is 17.4 Å². The molecule has 5 heteroatoms. The number of para-hydroxylation sites is 1. The number of nitrogens with one attached hydrogen (secondary N) is 1. The van der Waals surface area contributed by atoms with Gasteiger partial charge in [0.2, 0.25) is 5.91 Å². The van der Waals surface area contributed by atoms with Crippen LogP contribution in [0.25, 0.3) is 0 Å². The minimum atomic E-state index is 0.136. The second-order valence-electron chi connectivity index (χ2n) is 7.84. The molecule has 0 aliphatic carbocycles. The zero-order chi connectivity index (χ0) is 21.3. The van der Waals surface area contributed by atoms with Gasteiger partial charge in [-0.2, -0.15) is 0 Å². The molecule has 2 aromatic rings. The topological polar surface area (TPSA) is 58.6 Å². The lowest BCUT2D eigenvalue weighted by atomic mass is 9.96. The molecule has 0 radical (unpaired) electrons. The number of carbonyl (C=O) groups excluding carboxylic acids is 2. The number of aryl methyl sites for hydroxylation is 2. The second kappa shape index (κ2) is 10.9. The summed E-state index contributed by atoms with van der Waals surface area (Å²) in [6.45, 7) is 1.89. The minimum absolute atomic E-state index is 0.136. The number of benzene rings is 2. The molecule has 1 heterocycles. The van der Waals surface area contributed by atoms with Gasteiger partial charge in [0.25, 0.3) is 0 Å². The highest BCUT2D eigenvalue weighted by atomic mass is 16.5. The summed E-state index contributed by atoms with van der Waals surface area (Å²) < 4.78 is 5.39. The van der Waals surface area contributed by atoms with E-state index in [1.165, 1.54) is 5.56 Å². The fraction of sp³-hybridized carbons (Fsp3) is 0.440. The Labute approximate surface area is 179 Å². The number of rotatable bonds is 11. The first-order valence-electron chi connectivity index (χ1n) is 10.9. The highest BCUT2D eigenvalue weighted by Gasteiger charge is 2.21. The molecule has 0 spiro atoms. The van der Waals surface area contributed by atoms with E-state index >= 15 is 0 Å². The highest BCUT2D eigenvalue weighted by molar-refractivity contribution is 5.99. The fourth-order valence-corrected chi connectivity index (χ4v) is 3.95. The van der Waals surface area contributed by atoms with E-state index in [2.05, 4.69) is 11.4 Å². The Kier molecular flexibility index (Phi) is 8.03. The Morgan fingerprint density at radius 3 is 2.70 bits per heavy atom. The van der Waals surface area contributed by atoms with Gasteiger partial charge in [-0.3, -0.25) is 9.59 Å². The van der Waals surface area contributed by atoms with Crippen LogP contribution >= 0.6 is 0 Å². The van der Waals surface area contributed by atoms with Crippen molar-refractivity contribution in [3.8, 4) is 5.75 Å². The summed E-state index contributed by atoms with van der Waals surface area (Å²) in [5.74, 6) is 1.28. The fourth-order valence-electron chi connectivity index (χ4n) is 3.95. The maximum Gasteiger partial charge on any atom is 0.227 e. The summed E-state index contributed by atoms with van der Waals surface area (Å²) in [5.41, 5.74) is 4.04. The van der Waals surface area contributed by atoms with Crippen LogP contribution in [0.5, 0.6) is 5.75 Å². The van der Waals surface area contributed by atoms with Crippen molar-refractivity contribution in [1.29, 1.82) is 0 Å². The van der Waals surface area contributed by atoms with Crippen LogP contribution in [0.3, 0.4) is 0 Å². The lowest BCUT2D eigenvalue weighted by molar-refractivity contribution is -0.118. The van der Waals surface area contributed by atoms with Crippen LogP contribution in [0.4, 0.5) is 5.69 Å². The number of carbonyl (C=O) groups is 2. The average molecular weight is 409 g/mol. The summed E-state index contributed by atoms with van der Waals surface area (Å²) in [5, 5.41) is 3.47. The molecule has 1 aliphatic heterocycles. The molecule has 5 nitrogen and oxygen atoms in total. The Balaban J connectivity index is 1.32. The van der Waals surface area contributed by atoms with Gasteiger partial charge in [-0.25, -0.2) is 0 Å². The van der Waals surface area contributed by atoms with E-state index in [-0.39, 0.29) is 11.7 Å². The first-order valence-corrected chi connectivity index (χ1v) is 10.9. The standard InChI is InChI=1S/C25H32N2O3/c1-27-22-14-12-21(18-20(22)13-15-25(27)29)23(28)10-5-6-16-26-17-7-9-19-8-3-4-11-24(19)30-2/h3-4,8,11-12,14,18,26H,5-7,9-10,13,15-17H2,1-2H3. The molecule has 30 heavy (non-hydrogen) atoms. The number of nitrogens with zero attached hydrogens (tertiary/aromatic N) is 1. The molecule has 160 valence electrons. The summed E-state index contributed by atoms with van der Waals surface area (Å²) in [4.78, 5) is 26.0. The second-order valence-corrected chi connectivity index (χ2v) is 7.84. The first-order chi connectivity index (χ1) is 14.6. The van der Waals surface area contributed by atoms with Crippen molar-refractivity contribution in [3.63, 3.8) is 0 Å². The van der Waals surface area contributed by atoms with Crippen molar-refractivity contribution in [3.05, 3.63) is 59.2 Å². The number of ether oxygens (including phenoxy) is 1. The van der Waals surface area contributed by atoms with Crippen molar-refractivity contribution in [2.24, 2.45) is 0 Å². The van der Waals surface area contributed by atoms with E-state index in [0.29, 0.717) is 12.8 Å². The zero-order valence-electron chi connectivity index (χ0n) is 18.1. The Morgan fingerprint density at radius 1 is 1.07 bits per heavy atom. The monoisotopic (exact) mass is 408 g/mol. The van der Waals surface area contributed by atoms with Crippen LogP contribution < -0.4 is 15.0 Å². The Bertz CT molecular complexity index is 878. The summed E-state index contributed by atoms with van der Waals surface area (Å²) >= 11 is 0. The molecule has 0 aromatic heterocycles. The van der Waals surface area contributed by atoms with Crippen LogP contribution in [-0.2, 0) is 17.6 Å². The molecular formula is C25H32N2O3. The Hall–Kier alpha value is -2.66. The number of unbranched alkanes of at least 4 members (excludes halogenated alkanes) is 1. The van der Waals surface area contributed by atoms with Gasteiger partial charge in [0, 0.05) is 31.1 Å². The maximum atomic E-state index is 12.5. The highest BCUT2D eigenvalue weighted by Crippen LogP contribution is 2.28. The van der Waals surface area contributed by atoms with Crippen LogP contribution in [-0.4, -0.2) is 38.9 Å². The number of methoxy groups -OCH3 is 1. The van der Waals surface area contributed by atoms with Gasteiger partial charge >= 0.3 is 0 Å². The number of fused-ring (bicyclic) bond motifs is 1. The summed E-state index contributed by atoms with van der Waals surface area (Å²) in [7, 11) is 3.51. The van der Waals surface area contributed by atoms with Gasteiger partial charge in [-0.1, -0.05) is 18.2 Å². The van der Waals surface area contributed by atoms with Crippen molar-refractivity contribution in [1.82, 2.24) is 5.32 Å². The predicted molar refractivity (Wildman–Crippen MR) is 121 cm³/mol. The largest absolute Gasteiger partial charge is 0.496 e. The van der Waals surface area contributed by atoms with Gasteiger partial charge in [-0.15, -0.1) is 0 Å². The molecule has 1 aliphatic rings. The molecule has 1 amide bonds. The first kappa shape index (κ1) is 22.0. The van der Waals surface area contributed by atoms with Crippen LogP contribution in [0, 0.1) is 0 Å². The minimum Gasteiger partial charge on any atom is -0.496 e. The lowest BCUT2D eigenvalue weighted by Gasteiger charge is -2.26. The quantitative estimate of drug-likeness (QED) is 0.448. The van der Waals surface area contributed by atoms with Gasteiger partial charge in [0.1, 0.15) is 5.75 Å². The number of anilines is 1. The van der Waals surface area contributed by atoms with E-state index in [1.807, 2.05) is 36.4 Å². The third-order valence-electron chi connectivity index (χ3n) is 5.74. The Morgan fingerprint density at radius 2 is 1.87 bits per heavy atom. The number of amides is 1. The van der Waals surface area contributed by atoms with Gasteiger partial charge in [0.15, 0.2) is 5.78 Å². The van der Waals surface area contributed by atoms with E-state index in [0.717, 1.165) is 67.8 Å². The molecule has 0 saturated heterocycles. The number of hydrogen-bond acceptors (Lipinski definition) is 4. The molecule has 0 unspecified atom stereocenters. The predicted octanol–water partition coefficient (Wildman–Crippen LogP) is 4.18. The average Bonchev–Trinajstić information content (AvgIpc) is 2.78. The van der Waals surface area contributed by atoms with Gasteiger partial charge in [0.05, 0.1) is 7.11 Å². The summed E-state index contributed by atoms with van der Waals surface area (Å²) in [6.07, 6.45) is 5.73. The van der Waals surface area contributed by atoms with E-state index in [1.54, 1.807) is 19.1 Å². The normalized spacial score (nSPS) is 13.3. The number of ketones is 1. The lowest BCUT2D eigenvalue weighted by Crippen LogP contribution is -2.31. The number of hydrogen-bond donors (Lipinski definition) is 1. The molecule has 1 N–H and O–H groups in total. The maximum absolute atomic E-state index is 12.5. The molecule has 0 fully saturated rings. The van der Waals surface area contributed by atoms with Gasteiger partial charge < -0.3 is 15.0 Å². The molecule has 0 bridgehead atoms. The summed E-state index contributed by atoms with van der Waals surface area (Å²) in [6, 6.07) is 13.9. The third kappa shape index (κ3) is 5.70. The van der Waals surface area contributed by atoms with Crippen molar-refractivity contribution in [2.75, 3.05) is 32.1 Å².